The summed E-state index contributed by atoms with van der Waals surface area (Å²) < 4.78 is 1.87. The Balaban J connectivity index is 1.42. The molecule has 0 N–H and O–H groups in total. The molecule has 2 aliphatic rings. The number of carbonyl (C=O) groups is 2. The van der Waals surface area contributed by atoms with Gasteiger partial charge in [-0.25, -0.2) is 4.68 Å². The molecule has 0 aromatic carbocycles. The Kier molecular flexibility index (Phi) is 4.52. The van der Waals surface area contributed by atoms with Crippen LogP contribution in [0.15, 0.2) is 16.8 Å². The van der Waals surface area contributed by atoms with Crippen molar-refractivity contribution in [1.82, 2.24) is 24.8 Å². The zero-order valence-electron chi connectivity index (χ0n) is 14.1. The van der Waals surface area contributed by atoms with Gasteiger partial charge in [-0.05, 0) is 24.3 Å². The van der Waals surface area contributed by atoms with Crippen LogP contribution in [0, 0.1) is 0 Å². The molecule has 0 saturated carbocycles. The molecule has 0 atom stereocenters. The van der Waals surface area contributed by atoms with Crippen molar-refractivity contribution in [3.63, 3.8) is 0 Å². The molecule has 2 aromatic rings. The van der Waals surface area contributed by atoms with Gasteiger partial charge in [0, 0.05) is 37.9 Å². The minimum absolute atomic E-state index is 0.0489. The summed E-state index contributed by atoms with van der Waals surface area (Å²) in [6, 6.07) is 1.85. The quantitative estimate of drug-likeness (QED) is 0.830. The third-order valence-corrected chi connectivity index (χ3v) is 5.61. The smallest absolute Gasteiger partial charge is 0.255 e. The fourth-order valence-electron chi connectivity index (χ4n) is 3.48. The number of aromatic nitrogens is 3. The van der Waals surface area contributed by atoms with Crippen molar-refractivity contribution in [2.75, 3.05) is 19.6 Å². The molecule has 2 aliphatic heterocycles. The van der Waals surface area contributed by atoms with Gasteiger partial charge < -0.3 is 9.80 Å². The van der Waals surface area contributed by atoms with Crippen LogP contribution >= 0.6 is 11.3 Å². The largest absolute Gasteiger partial charge is 0.343 e. The second kappa shape index (κ2) is 6.95. The number of aryl methyl sites for hydroxylation is 1. The summed E-state index contributed by atoms with van der Waals surface area (Å²) in [4.78, 5) is 28.6. The second-order valence-corrected chi connectivity index (χ2v) is 7.31. The fraction of sp³-hybridized carbons (Fsp3) is 0.529. The highest BCUT2D eigenvalue weighted by Crippen LogP contribution is 2.20. The maximum atomic E-state index is 12.6. The van der Waals surface area contributed by atoms with Crippen LogP contribution < -0.4 is 0 Å². The molecule has 0 unspecified atom stereocenters. The molecule has 132 valence electrons. The normalized spacial score (nSPS) is 17.0. The zero-order valence-corrected chi connectivity index (χ0v) is 14.9. The number of fused-ring (bicyclic) bond motifs is 1. The number of thiophene rings is 1. The highest BCUT2D eigenvalue weighted by atomic mass is 32.1. The third-order valence-electron chi connectivity index (χ3n) is 4.93. The Morgan fingerprint density at radius 2 is 1.96 bits per heavy atom. The molecule has 25 heavy (non-hydrogen) atoms. The molecular formula is C17H21N5O2S. The van der Waals surface area contributed by atoms with E-state index in [0.29, 0.717) is 32.5 Å². The van der Waals surface area contributed by atoms with Crippen LogP contribution in [0.4, 0.5) is 0 Å². The Morgan fingerprint density at radius 1 is 1.12 bits per heavy atom. The van der Waals surface area contributed by atoms with Crippen LogP contribution in [-0.4, -0.2) is 56.2 Å². The summed E-state index contributed by atoms with van der Waals surface area (Å²) in [6.07, 6.45) is 3.26. The molecule has 7 nitrogen and oxygen atoms in total. The van der Waals surface area contributed by atoms with Crippen molar-refractivity contribution >= 4 is 23.2 Å². The Morgan fingerprint density at radius 3 is 2.72 bits per heavy atom. The Bertz CT molecular complexity index is 764. The molecule has 1 fully saturated rings. The van der Waals surface area contributed by atoms with E-state index in [0.717, 1.165) is 42.9 Å². The highest BCUT2D eigenvalue weighted by molar-refractivity contribution is 7.08. The Hall–Kier alpha value is -2.22. The summed E-state index contributed by atoms with van der Waals surface area (Å²) in [5, 5.41) is 12.2. The van der Waals surface area contributed by atoms with E-state index in [1.165, 1.54) is 11.3 Å². The summed E-state index contributed by atoms with van der Waals surface area (Å²) >= 11 is 1.53. The summed E-state index contributed by atoms with van der Waals surface area (Å²) in [6.45, 7) is 3.55. The van der Waals surface area contributed by atoms with Gasteiger partial charge in [0.2, 0.25) is 5.91 Å². The predicted octanol–water partition coefficient (Wildman–Crippen LogP) is 1.55. The first kappa shape index (κ1) is 16.3. The van der Waals surface area contributed by atoms with Crippen molar-refractivity contribution in [3.05, 3.63) is 33.8 Å². The van der Waals surface area contributed by atoms with E-state index < -0.39 is 0 Å². The van der Waals surface area contributed by atoms with E-state index in [1.807, 2.05) is 31.3 Å². The Labute approximate surface area is 150 Å². The number of carbonyl (C=O) groups excluding carboxylic acids is 2. The molecule has 8 heteroatoms. The maximum absolute atomic E-state index is 12.6. The second-order valence-electron chi connectivity index (χ2n) is 6.53. The number of hydrogen-bond donors (Lipinski definition) is 0. The van der Waals surface area contributed by atoms with Gasteiger partial charge in [0.25, 0.3) is 5.91 Å². The van der Waals surface area contributed by atoms with Crippen molar-refractivity contribution < 1.29 is 9.59 Å². The van der Waals surface area contributed by atoms with Crippen molar-refractivity contribution in [3.8, 4) is 0 Å². The summed E-state index contributed by atoms with van der Waals surface area (Å²) in [5.41, 5.74) is 2.54. The van der Waals surface area contributed by atoms with Crippen LogP contribution in [0.5, 0.6) is 0 Å². The molecule has 0 aliphatic carbocycles. The van der Waals surface area contributed by atoms with Crippen molar-refractivity contribution in [1.29, 1.82) is 0 Å². The molecular weight excluding hydrogens is 338 g/mol. The monoisotopic (exact) mass is 359 g/mol. The van der Waals surface area contributed by atoms with Crippen LogP contribution in [0.1, 0.15) is 41.0 Å². The molecule has 2 amide bonds. The van der Waals surface area contributed by atoms with E-state index in [2.05, 4.69) is 10.3 Å². The minimum Gasteiger partial charge on any atom is -0.343 e. The first-order chi connectivity index (χ1) is 12.2. The van der Waals surface area contributed by atoms with Crippen LogP contribution in [0.25, 0.3) is 0 Å². The van der Waals surface area contributed by atoms with Crippen LogP contribution in [-0.2, 0) is 24.3 Å². The van der Waals surface area contributed by atoms with E-state index >= 15 is 0 Å². The van der Waals surface area contributed by atoms with Gasteiger partial charge in [-0.2, -0.15) is 11.3 Å². The third kappa shape index (κ3) is 3.30. The van der Waals surface area contributed by atoms with E-state index in [9.17, 15) is 9.59 Å². The number of rotatable bonds is 4. The zero-order chi connectivity index (χ0) is 17.2. The topological polar surface area (TPSA) is 71.3 Å². The lowest BCUT2D eigenvalue weighted by Gasteiger charge is -2.27. The van der Waals surface area contributed by atoms with Gasteiger partial charge in [-0.3, -0.25) is 9.59 Å². The van der Waals surface area contributed by atoms with Crippen molar-refractivity contribution in [2.24, 2.45) is 0 Å². The first-order valence-electron chi connectivity index (χ1n) is 8.73. The maximum Gasteiger partial charge on any atom is 0.255 e. The van der Waals surface area contributed by atoms with Gasteiger partial charge in [-0.1, -0.05) is 5.21 Å². The fourth-order valence-corrected chi connectivity index (χ4v) is 4.11. The predicted molar refractivity (Wildman–Crippen MR) is 93.2 cm³/mol. The van der Waals surface area contributed by atoms with Gasteiger partial charge in [0.15, 0.2) is 0 Å². The van der Waals surface area contributed by atoms with Gasteiger partial charge in [-0.15, -0.1) is 5.10 Å². The lowest BCUT2D eigenvalue weighted by atomic mass is 10.1. The molecule has 1 saturated heterocycles. The molecule has 0 bridgehead atoms. The number of likely N-dealkylation sites (tertiary alicyclic amines) is 1. The van der Waals surface area contributed by atoms with E-state index in [-0.39, 0.29) is 11.8 Å². The molecule has 0 spiro atoms. The van der Waals surface area contributed by atoms with Gasteiger partial charge >= 0.3 is 0 Å². The lowest BCUT2D eigenvalue weighted by Crippen LogP contribution is -2.38. The molecule has 4 rings (SSSR count). The van der Waals surface area contributed by atoms with E-state index in [4.69, 9.17) is 0 Å². The standard InChI is InChI=1S/C17H21N5O2S/c23-16(20-6-1-2-7-20)4-3-14-15-11-21(8-9-22(15)19-18-14)17(24)13-5-10-25-12-13/h5,10,12H,1-4,6-9,11H2. The molecule has 0 radical (unpaired) electrons. The van der Waals surface area contributed by atoms with Gasteiger partial charge in [0.1, 0.15) is 0 Å². The van der Waals surface area contributed by atoms with E-state index in [1.54, 1.807) is 0 Å². The average molecular weight is 359 g/mol. The number of hydrogen-bond acceptors (Lipinski definition) is 5. The first-order valence-corrected chi connectivity index (χ1v) is 9.67. The number of amides is 2. The SMILES string of the molecule is O=C(CCc1nnn2c1CN(C(=O)c1ccsc1)CC2)N1CCCC1. The highest BCUT2D eigenvalue weighted by Gasteiger charge is 2.26. The summed E-state index contributed by atoms with van der Waals surface area (Å²) in [7, 11) is 0. The molecule has 4 heterocycles. The summed E-state index contributed by atoms with van der Waals surface area (Å²) in [5.74, 6) is 0.244. The number of nitrogens with zero attached hydrogens (tertiary/aromatic N) is 5. The van der Waals surface area contributed by atoms with Gasteiger partial charge in [0.05, 0.1) is 30.0 Å². The lowest BCUT2D eigenvalue weighted by molar-refractivity contribution is -0.130. The molecule has 2 aromatic heterocycles. The van der Waals surface area contributed by atoms with Crippen LogP contribution in [0.2, 0.25) is 0 Å². The van der Waals surface area contributed by atoms with Crippen LogP contribution in [0.3, 0.4) is 0 Å². The van der Waals surface area contributed by atoms with Crippen molar-refractivity contribution in [2.45, 2.75) is 38.8 Å². The minimum atomic E-state index is 0.0489. The average Bonchev–Trinajstić information content (AvgIpc) is 3.40.